The fraction of sp³-hybridized carbons (Fsp3) is 0.237. The Hall–Kier alpha value is -4.99. The Kier molecular flexibility index (Phi) is 6.30. The number of oxazole rings is 1. The van der Waals surface area contributed by atoms with Crippen LogP contribution in [0.2, 0.25) is 0 Å². The fourth-order valence-electron chi connectivity index (χ4n) is 8.65. The molecule has 4 aromatic carbocycles. The van der Waals surface area contributed by atoms with Gasteiger partial charge in [0.15, 0.2) is 15.3 Å². The maximum absolute atomic E-state index is 14.4. The van der Waals surface area contributed by atoms with Crippen molar-refractivity contribution in [2.75, 3.05) is 11.9 Å². The van der Waals surface area contributed by atoms with Gasteiger partial charge in [-0.25, -0.2) is 4.98 Å². The number of aromatic nitrogens is 1. The SMILES string of the molecule is CN1C(=O)[C@]2(Cl)C[C@@H]3C(=CC[C@@H]4C(=O)N(c5ccc(-c6nc7ccccc7o6)cc5)C(=O)[C@@H]43)[C@H](c3c(O)ccc4ccccc34)[C@]2(Cl)C1=O. The number of para-hydroxylation sites is 2. The summed E-state index contributed by atoms with van der Waals surface area (Å²) in [6.45, 7) is 0. The molecule has 5 aromatic rings. The highest BCUT2D eigenvalue weighted by molar-refractivity contribution is 6.53. The Labute approximate surface area is 289 Å². The smallest absolute Gasteiger partial charge is 0.253 e. The first-order valence-corrected chi connectivity index (χ1v) is 16.7. The molecule has 2 aliphatic carbocycles. The van der Waals surface area contributed by atoms with Gasteiger partial charge in [0.1, 0.15) is 11.3 Å². The van der Waals surface area contributed by atoms with E-state index in [0.717, 1.165) is 10.3 Å². The quantitative estimate of drug-likeness (QED) is 0.129. The summed E-state index contributed by atoms with van der Waals surface area (Å²) in [4.78, 5) is 59.0. The van der Waals surface area contributed by atoms with Crippen molar-refractivity contribution in [1.82, 2.24) is 9.88 Å². The van der Waals surface area contributed by atoms with Crippen LogP contribution in [0.5, 0.6) is 5.75 Å². The van der Waals surface area contributed by atoms with Crippen molar-refractivity contribution in [1.29, 1.82) is 0 Å². The number of carbonyl (C=O) groups excluding carboxylic acids is 4. The normalized spacial score (nSPS) is 29.4. The number of amides is 4. The number of alkyl halides is 2. The number of phenols is 1. The summed E-state index contributed by atoms with van der Waals surface area (Å²) in [5.41, 5.74) is 3.41. The van der Waals surface area contributed by atoms with E-state index < -0.39 is 51.1 Å². The van der Waals surface area contributed by atoms with Crippen LogP contribution in [-0.2, 0) is 19.2 Å². The summed E-state index contributed by atoms with van der Waals surface area (Å²) in [5, 5.41) is 12.9. The number of imide groups is 2. The van der Waals surface area contributed by atoms with Gasteiger partial charge < -0.3 is 9.52 Å². The molecule has 0 bridgehead atoms. The lowest BCUT2D eigenvalue weighted by molar-refractivity contribution is -0.138. The summed E-state index contributed by atoms with van der Waals surface area (Å²) >= 11 is 14.7. The van der Waals surface area contributed by atoms with E-state index in [2.05, 4.69) is 4.98 Å². The van der Waals surface area contributed by atoms with Crippen LogP contribution in [-0.4, -0.2) is 55.4 Å². The third-order valence-electron chi connectivity index (χ3n) is 10.9. The van der Waals surface area contributed by atoms with Crippen molar-refractivity contribution >= 4 is 74.4 Å². The minimum Gasteiger partial charge on any atom is -0.508 e. The van der Waals surface area contributed by atoms with Crippen LogP contribution in [0.15, 0.2) is 101 Å². The molecular formula is C38H27Cl2N3O6. The molecule has 1 saturated carbocycles. The molecular weight excluding hydrogens is 665 g/mol. The largest absolute Gasteiger partial charge is 0.508 e. The zero-order chi connectivity index (χ0) is 34.0. The lowest BCUT2D eigenvalue weighted by Gasteiger charge is -2.51. The standard InChI is InChI=1S/C38H27Cl2N3O6/c1-42-35(47)37(39)18-25-23(31(38(37,40)36(42)48)30-22-7-3-2-6-19(22)12-17-27(30)44)15-16-24-29(25)34(46)43(33(24)45)21-13-10-20(11-14-21)32-41-26-8-4-5-9-28(26)49-32/h2-15,17,24-25,29,31,44H,16,18H2,1H3/t24-,25+,29-,31+,37+,38-/m0/s1. The summed E-state index contributed by atoms with van der Waals surface area (Å²) in [5.74, 6) is -5.20. The lowest BCUT2D eigenvalue weighted by atomic mass is 9.56. The minimum absolute atomic E-state index is 0.115. The average Bonchev–Trinajstić information content (AvgIpc) is 3.70. The average molecular weight is 693 g/mol. The van der Waals surface area contributed by atoms with Crippen molar-refractivity contribution in [2.24, 2.45) is 17.8 Å². The highest BCUT2D eigenvalue weighted by atomic mass is 35.5. The molecule has 9 rings (SSSR count). The number of halogens is 2. The van der Waals surface area contributed by atoms with Gasteiger partial charge in [-0.15, -0.1) is 23.2 Å². The molecule has 2 saturated heterocycles. The summed E-state index contributed by atoms with van der Waals surface area (Å²) in [7, 11) is 1.34. The predicted molar refractivity (Wildman–Crippen MR) is 183 cm³/mol. The fourth-order valence-corrected chi connectivity index (χ4v) is 9.65. The highest BCUT2D eigenvalue weighted by Gasteiger charge is 2.76. The van der Waals surface area contributed by atoms with Crippen molar-refractivity contribution in [2.45, 2.75) is 28.5 Å². The highest BCUT2D eigenvalue weighted by Crippen LogP contribution is 2.66. The van der Waals surface area contributed by atoms with E-state index >= 15 is 0 Å². The van der Waals surface area contributed by atoms with Crippen molar-refractivity contribution in [3.8, 4) is 17.2 Å². The zero-order valence-corrected chi connectivity index (χ0v) is 27.5. The number of likely N-dealkylation sites (tertiary alicyclic amines) is 1. The van der Waals surface area contributed by atoms with Crippen molar-refractivity contribution in [3.05, 3.63) is 102 Å². The summed E-state index contributed by atoms with van der Waals surface area (Å²) in [6, 6.07) is 24.9. The molecule has 1 N–H and O–H groups in total. The molecule has 9 nitrogen and oxygen atoms in total. The Balaban J connectivity index is 1.14. The summed E-state index contributed by atoms with van der Waals surface area (Å²) in [6.07, 6.45) is 1.94. The monoisotopic (exact) mass is 691 g/mol. The number of carbonyl (C=O) groups is 4. The molecule has 4 amide bonds. The summed E-state index contributed by atoms with van der Waals surface area (Å²) < 4.78 is 5.89. The van der Waals surface area contributed by atoms with Gasteiger partial charge in [-0.05, 0) is 72.0 Å². The van der Waals surface area contributed by atoms with E-state index in [4.69, 9.17) is 27.6 Å². The Morgan fingerprint density at radius 3 is 2.37 bits per heavy atom. The van der Waals surface area contributed by atoms with Gasteiger partial charge in [0.25, 0.3) is 11.8 Å². The van der Waals surface area contributed by atoms with E-state index in [9.17, 15) is 24.3 Å². The molecule has 0 unspecified atom stereocenters. The van der Waals surface area contributed by atoms with Gasteiger partial charge in [0.05, 0.1) is 17.5 Å². The Morgan fingerprint density at radius 2 is 1.59 bits per heavy atom. The maximum atomic E-state index is 14.4. The van der Waals surface area contributed by atoms with E-state index in [1.807, 2.05) is 54.6 Å². The number of fused-ring (bicyclic) bond motifs is 6. The topological polar surface area (TPSA) is 121 Å². The number of nitrogens with zero attached hydrogens (tertiary/aromatic N) is 3. The van der Waals surface area contributed by atoms with Crippen LogP contribution in [0.25, 0.3) is 33.3 Å². The number of hydrogen-bond acceptors (Lipinski definition) is 7. The van der Waals surface area contributed by atoms with Gasteiger partial charge in [-0.3, -0.25) is 29.0 Å². The number of phenolic OH excluding ortho intramolecular Hbond substituents is 1. The first kappa shape index (κ1) is 30.1. The maximum Gasteiger partial charge on any atom is 0.253 e. The molecule has 4 aliphatic rings. The first-order chi connectivity index (χ1) is 23.5. The molecule has 49 heavy (non-hydrogen) atoms. The van der Waals surface area contributed by atoms with Crippen LogP contribution < -0.4 is 4.90 Å². The number of anilines is 1. The number of rotatable bonds is 3. The number of allylic oxidation sites excluding steroid dienone is 2. The molecule has 3 heterocycles. The molecule has 3 fully saturated rings. The molecule has 11 heteroatoms. The second-order valence-electron chi connectivity index (χ2n) is 13.3. The van der Waals surface area contributed by atoms with Gasteiger partial charge in [0, 0.05) is 24.1 Å². The molecule has 0 spiro atoms. The van der Waals surface area contributed by atoms with Gasteiger partial charge in [-0.2, -0.15) is 0 Å². The van der Waals surface area contributed by atoms with Crippen LogP contribution in [0.1, 0.15) is 24.3 Å². The van der Waals surface area contributed by atoms with Crippen molar-refractivity contribution in [3.63, 3.8) is 0 Å². The molecule has 1 aromatic heterocycles. The number of aromatic hydroxyl groups is 1. The predicted octanol–water partition coefficient (Wildman–Crippen LogP) is 6.55. The van der Waals surface area contributed by atoms with Crippen LogP contribution in [0.4, 0.5) is 5.69 Å². The van der Waals surface area contributed by atoms with Gasteiger partial charge >= 0.3 is 0 Å². The van der Waals surface area contributed by atoms with Crippen LogP contribution >= 0.6 is 23.2 Å². The lowest BCUT2D eigenvalue weighted by Crippen LogP contribution is -2.60. The molecule has 2 aliphatic heterocycles. The zero-order valence-electron chi connectivity index (χ0n) is 26.0. The third-order valence-corrected chi connectivity index (χ3v) is 12.3. The van der Waals surface area contributed by atoms with Gasteiger partial charge in [-0.1, -0.05) is 54.1 Å². The van der Waals surface area contributed by atoms with E-state index in [1.54, 1.807) is 30.3 Å². The minimum atomic E-state index is -2.00. The second-order valence-corrected chi connectivity index (χ2v) is 14.5. The third kappa shape index (κ3) is 3.85. The molecule has 6 atom stereocenters. The molecule has 0 radical (unpaired) electrons. The van der Waals surface area contributed by atoms with Crippen molar-refractivity contribution < 1.29 is 28.7 Å². The Bertz CT molecular complexity index is 2300. The van der Waals surface area contributed by atoms with E-state index in [0.29, 0.717) is 44.8 Å². The Morgan fingerprint density at radius 1 is 0.857 bits per heavy atom. The number of benzene rings is 4. The van der Waals surface area contributed by atoms with Crippen LogP contribution in [0, 0.1) is 17.8 Å². The second kappa shape index (κ2) is 10.3. The van der Waals surface area contributed by atoms with E-state index in [-0.39, 0.29) is 24.5 Å². The molecule has 244 valence electrons. The van der Waals surface area contributed by atoms with Gasteiger partial charge in [0.2, 0.25) is 17.7 Å². The van der Waals surface area contributed by atoms with E-state index in [1.165, 1.54) is 18.0 Å². The van der Waals surface area contributed by atoms with Crippen LogP contribution in [0.3, 0.4) is 0 Å². The first-order valence-electron chi connectivity index (χ1n) is 16.0. The number of hydrogen-bond donors (Lipinski definition) is 1.